The van der Waals surface area contributed by atoms with E-state index in [9.17, 15) is 39.0 Å². The van der Waals surface area contributed by atoms with Gasteiger partial charge in [0.05, 0.1) is 32.8 Å². The molecule has 16 heteroatoms. The van der Waals surface area contributed by atoms with Crippen molar-refractivity contribution < 1.29 is 62.4 Å². The predicted molar refractivity (Wildman–Crippen MR) is 266 cm³/mol. The summed E-state index contributed by atoms with van der Waals surface area (Å²) in [5.41, 5.74) is 0. The first-order chi connectivity index (χ1) is 32.6. The van der Waals surface area contributed by atoms with E-state index in [2.05, 4.69) is 41.9 Å². The number of hydrogen-bond acceptors (Lipinski definition) is 13. The first kappa shape index (κ1) is 64.1. The summed E-state index contributed by atoms with van der Waals surface area (Å²) in [4.78, 5) is 71.5. The van der Waals surface area contributed by atoms with Crippen molar-refractivity contribution >= 4 is 35.7 Å². The number of hydrogen-bond donors (Lipinski definition) is 5. The van der Waals surface area contributed by atoms with Gasteiger partial charge in [0, 0.05) is 46.3 Å². The van der Waals surface area contributed by atoms with E-state index in [1.165, 1.54) is 13.8 Å². The van der Waals surface area contributed by atoms with Crippen LogP contribution in [-0.4, -0.2) is 141 Å². The second kappa shape index (κ2) is 43.2. The zero-order valence-electron chi connectivity index (χ0n) is 43.2. The molecule has 5 N–H and O–H groups in total. The average molecular weight is 968 g/mol. The van der Waals surface area contributed by atoms with Crippen molar-refractivity contribution in [3.63, 3.8) is 0 Å². The smallest absolute Gasteiger partial charge is 0.362 e. The minimum atomic E-state index is -0.778. The van der Waals surface area contributed by atoms with Gasteiger partial charge in [0.25, 0.3) is 0 Å². The van der Waals surface area contributed by atoms with Gasteiger partial charge in [-0.2, -0.15) is 0 Å². The second-order valence-electron chi connectivity index (χ2n) is 18.6. The van der Waals surface area contributed by atoms with E-state index in [0.717, 1.165) is 116 Å². The fourth-order valence-electron chi connectivity index (χ4n) is 7.34. The van der Waals surface area contributed by atoms with Crippen molar-refractivity contribution in [3.8, 4) is 0 Å². The lowest BCUT2D eigenvalue weighted by Crippen LogP contribution is -2.47. The molecule has 0 heterocycles. The first-order valence-electron chi connectivity index (χ1n) is 26.0. The Hall–Kier alpha value is -3.86. The Morgan fingerprint density at radius 3 is 1.46 bits per heavy atom. The van der Waals surface area contributed by atoms with Crippen LogP contribution < -0.4 is 16.0 Å². The van der Waals surface area contributed by atoms with E-state index in [4.69, 9.17) is 18.9 Å². The number of carbonyl (C=O) groups is 6. The number of allylic oxidation sites excluding steroid dienone is 2. The Morgan fingerprint density at radius 1 is 0.544 bits per heavy atom. The molecule has 0 aromatic rings. The predicted octanol–water partition coefficient (Wildman–Crippen LogP) is 7.07. The Kier molecular flexibility index (Phi) is 40.7. The van der Waals surface area contributed by atoms with Crippen LogP contribution in [0.3, 0.4) is 0 Å². The molecule has 0 fully saturated rings. The lowest BCUT2D eigenvalue weighted by molar-refractivity contribution is -0.883. The number of carbonyl (C=O) groups excluding carboxylic acids is 6. The molecule has 0 saturated carbocycles. The van der Waals surface area contributed by atoms with Crippen molar-refractivity contribution in [2.75, 3.05) is 66.6 Å². The van der Waals surface area contributed by atoms with Crippen molar-refractivity contribution in [1.82, 2.24) is 16.0 Å². The SMILES string of the molecule is CCCCCC(OC(=O)CNCCOC(C)=O)C(O)C/C=C\CCCCCCCC(=O)NCCNC(=O)CCCCCCC/C=C\CC(O)C(CCCCC)OC(=O)C[N+](C)(C)CCOC(C)=O. The van der Waals surface area contributed by atoms with Gasteiger partial charge in [0.2, 0.25) is 11.8 Å². The van der Waals surface area contributed by atoms with E-state index in [0.29, 0.717) is 69.2 Å². The number of rotatable bonds is 45. The number of likely N-dealkylation sites (N-methyl/N-ethyl adjacent to an activating group) is 1. The number of nitrogens with zero attached hydrogens (tertiary/aromatic N) is 1. The fraction of sp³-hybridized carbons (Fsp3) is 0.808. The maximum Gasteiger partial charge on any atom is 0.362 e. The second-order valence-corrected chi connectivity index (χ2v) is 18.6. The molecule has 0 aliphatic rings. The molecule has 0 spiro atoms. The third-order valence-corrected chi connectivity index (χ3v) is 11.4. The van der Waals surface area contributed by atoms with Crippen LogP contribution in [-0.2, 0) is 47.7 Å². The van der Waals surface area contributed by atoms with Crippen LogP contribution in [0.15, 0.2) is 24.3 Å². The van der Waals surface area contributed by atoms with Crippen LogP contribution in [0.4, 0.5) is 0 Å². The van der Waals surface area contributed by atoms with Gasteiger partial charge < -0.3 is 49.6 Å². The highest BCUT2D eigenvalue weighted by atomic mass is 16.6. The van der Waals surface area contributed by atoms with Gasteiger partial charge in [-0.25, -0.2) is 4.79 Å². The molecule has 0 aromatic heterocycles. The Labute approximate surface area is 410 Å². The monoisotopic (exact) mass is 968 g/mol. The molecule has 0 bridgehead atoms. The van der Waals surface area contributed by atoms with Crippen molar-refractivity contribution in [2.24, 2.45) is 0 Å². The molecule has 68 heavy (non-hydrogen) atoms. The van der Waals surface area contributed by atoms with Crippen LogP contribution in [0.2, 0.25) is 0 Å². The summed E-state index contributed by atoms with van der Waals surface area (Å²) >= 11 is 0. The highest BCUT2D eigenvalue weighted by Gasteiger charge is 2.27. The summed E-state index contributed by atoms with van der Waals surface area (Å²) in [6, 6.07) is 0. The number of aliphatic hydroxyl groups is 2. The molecular formula is C52H95N4O12+. The molecule has 4 unspecified atom stereocenters. The lowest BCUT2D eigenvalue weighted by Gasteiger charge is -2.30. The number of aliphatic hydroxyl groups excluding tert-OH is 2. The van der Waals surface area contributed by atoms with Crippen molar-refractivity contribution in [3.05, 3.63) is 24.3 Å². The van der Waals surface area contributed by atoms with E-state index in [1.807, 2.05) is 26.2 Å². The maximum absolute atomic E-state index is 12.8. The summed E-state index contributed by atoms with van der Waals surface area (Å²) in [6.07, 6.45) is 25.7. The molecule has 394 valence electrons. The number of esters is 4. The van der Waals surface area contributed by atoms with Crippen LogP contribution in [0.1, 0.15) is 182 Å². The van der Waals surface area contributed by atoms with Crippen molar-refractivity contribution in [2.45, 2.75) is 206 Å². The summed E-state index contributed by atoms with van der Waals surface area (Å²) in [7, 11) is 3.76. The molecule has 2 amide bonds. The van der Waals surface area contributed by atoms with Gasteiger partial charge in [-0.1, -0.05) is 102 Å². The molecule has 0 rings (SSSR count). The molecule has 0 aromatic carbocycles. The minimum Gasteiger partial charge on any atom is -0.465 e. The molecule has 0 saturated heterocycles. The summed E-state index contributed by atoms with van der Waals surface area (Å²) in [5, 5.41) is 30.3. The standard InChI is InChI=1S/C52H94N4O12/c1-7-9-23-31-47(67-51(63)41-53-37-39-65-43(3)57)45(59)29-25-19-15-11-13-17-21-27-33-49(61)54-35-36-55-50(62)34-28-22-18-14-12-16-20-26-30-46(60)48(32-24-10-8-2)68-52(64)42-56(5,6)38-40-66-44(4)58/h19-20,25-26,45-48,53,59-60H,7-18,21-24,27-42H2,1-6H3,(H-,54,55,61,62)/p+1/b25-19-,26-20-. The van der Waals surface area contributed by atoms with E-state index in [-0.39, 0.29) is 56.0 Å². The largest absolute Gasteiger partial charge is 0.465 e. The van der Waals surface area contributed by atoms with Gasteiger partial charge in [0.15, 0.2) is 6.54 Å². The van der Waals surface area contributed by atoms with Crippen molar-refractivity contribution in [1.29, 1.82) is 0 Å². The van der Waals surface area contributed by atoms with E-state index in [1.54, 1.807) is 0 Å². The quantitative estimate of drug-likeness (QED) is 0.0136. The normalized spacial score (nSPS) is 13.5. The zero-order chi connectivity index (χ0) is 50.7. The number of quaternary nitrogens is 1. The first-order valence-corrected chi connectivity index (χ1v) is 26.0. The average Bonchev–Trinajstić information content (AvgIpc) is 3.27. The molecular weight excluding hydrogens is 873 g/mol. The molecule has 16 nitrogen and oxygen atoms in total. The number of ether oxygens (including phenoxy) is 4. The number of unbranched alkanes of at least 4 members (excludes halogenated alkanes) is 14. The zero-order valence-corrected chi connectivity index (χ0v) is 43.2. The van der Waals surface area contributed by atoms with E-state index >= 15 is 0 Å². The number of amides is 2. The Morgan fingerprint density at radius 2 is 0.985 bits per heavy atom. The Balaban J connectivity index is 4.05. The van der Waals surface area contributed by atoms with Crippen LogP contribution >= 0.6 is 0 Å². The lowest BCUT2D eigenvalue weighted by atomic mass is 10.0. The Bertz CT molecular complexity index is 1410. The topological polar surface area (TPSA) is 216 Å². The van der Waals surface area contributed by atoms with Gasteiger partial charge in [-0.3, -0.25) is 24.0 Å². The molecule has 0 aliphatic carbocycles. The molecule has 0 radical (unpaired) electrons. The van der Waals surface area contributed by atoms with E-state index < -0.39 is 30.4 Å². The molecule has 4 atom stereocenters. The van der Waals surface area contributed by atoms with Crippen LogP contribution in [0.5, 0.6) is 0 Å². The summed E-state index contributed by atoms with van der Waals surface area (Å²) < 4.78 is 21.5. The van der Waals surface area contributed by atoms with Gasteiger partial charge in [-0.15, -0.1) is 0 Å². The summed E-state index contributed by atoms with van der Waals surface area (Å²) in [5.74, 6) is -1.54. The maximum atomic E-state index is 12.8. The third kappa shape index (κ3) is 41.1. The van der Waals surface area contributed by atoms with Crippen LogP contribution in [0, 0.1) is 0 Å². The van der Waals surface area contributed by atoms with Gasteiger partial charge in [-0.05, 0) is 77.0 Å². The third-order valence-electron chi connectivity index (χ3n) is 11.4. The number of nitrogens with one attached hydrogen (secondary N) is 3. The fourth-order valence-corrected chi connectivity index (χ4v) is 7.34. The summed E-state index contributed by atoms with van der Waals surface area (Å²) in [6.45, 7) is 9.05. The highest BCUT2D eigenvalue weighted by Crippen LogP contribution is 2.17. The van der Waals surface area contributed by atoms with Crippen LogP contribution in [0.25, 0.3) is 0 Å². The minimum absolute atomic E-state index is 0.000425. The highest BCUT2D eigenvalue weighted by molar-refractivity contribution is 5.77. The van der Waals surface area contributed by atoms with Gasteiger partial charge in [0.1, 0.15) is 32.0 Å². The molecule has 0 aliphatic heterocycles. The van der Waals surface area contributed by atoms with Gasteiger partial charge >= 0.3 is 23.9 Å².